The Labute approximate surface area is 122 Å². The quantitative estimate of drug-likeness (QED) is 0.860. The van der Waals surface area contributed by atoms with Crippen LogP contribution in [-0.2, 0) is 17.4 Å². The summed E-state index contributed by atoms with van der Waals surface area (Å²) in [6.45, 7) is 0. The second-order valence-corrected chi connectivity index (χ2v) is 5.74. The van der Waals surface area contributed by atoms with E-state index in [0.717, 1.165) is 37.8 Å². The van der Waals surface area contributed by atoms with Crippen molar-refractivity contribution in [1.82, 2.24) is 0 Å². The summed E-state index contributed by atoms with van der Waals surface area (Å²) in [5.74, 6) is -0.288. The first-order valence-electron chi connectivity index (χ1n) is 7.23. The van der Waals surface area contributed by atoms with E-state index in [4.69, 9.17) is 0 Å². The van der Waals surface area contributed by atoms with Gasteiger partial charge in [-0.15, -0.1) is 0 Å². The number of carbonyl (C=O) groups excluding carboxylic acids is 1. The van der Waals surface area contributed by atoms with Gasteiger partial charge in [-0.05, 0) is 30.5 Å². The zero-order valence-corrected chi connectivity index (χ0v) is 11.7. The third-order valence-electron chi connectivity index (χ3n) is 4.10. The molecule has 1 N–H and O–H groups in total. The van der Waals surface area contributed by atoms with E-state index >= 15 is 0 Å². The molecule has 5 heteroatoms. The van der Waals surface area contributed by atoms with Crippen LogP contribution in [0.5, 0.6) is 0 Å². The van der Waals surface area contributed by atoms with Gasteiger partial charge in [-0.25, -0.2) is 0 Å². The van der Waals surface area contributed by atoms with Crippen molar-refractivity contribution < 1.29 is 23.1 Å². The highest BCUT2D eigenvalue weighted by Gasteiger charge is 2.35. The van der Waals surface area contributed by atoms with E-state index in [2.05, 4.69) is 0 Å². The molecule has 0 spiro atoms. The summed E-state index contributed by atoms with van der Waals surface area (Å²) in [7, 11) is 0. The van der Waals surface area contributed by atoms with Crippen molar-refractivity contribution in [1.29, 1.82) is 0 Å². The predicted molar refractivity (Wildman–Crippen MR) is 72.8 cm³/mol. The zero-order chi connectivity index (χ0) is 15.5. The Kier molecular flexibility index (Phi) is 4.71. The summed E-state index contributed by atoms with van der Waals surface area (Å²) in [6.07, 6.45) is 0.159. The van der Waals surface area contributed by atoms with Gasteiger partial charge in [-0.2, -0.15) is 13.2 Å². The maximum absolute atomic E-state index is 12.5. The lowest BCUT2D eigenvalue weighted by molar-refractivity contribution is -0.138. The molecular weight excluding hydrogens is 281 g/mol. The van der Waals surface area contributed by atoms with Crippen molar-refractivity contribution in [2.45, 2.75) is 56.7 Å². The van der Waals surface area contributed by atoms with Crippen LogP contribution in [0, 0.1) is 0 Å². The summed E-state index contributed by atoms with van der Waals surface area (Å²) < 4.78 is 37.4. The predicted octanol–water partition coefficient (Wildman–Crippen LogP) is 3.90. The van der Waals surface area contributed by atoms with Crippen molar-refractivity contribution in [2.24, 2.45) is 0 Å². The maximum Gasteiger partial charge on any atom is 0.416 e. The molecule has 21 heavy (non-hydrogen) atoms. The van der Waals surface area contributed by atoms with Crippen molar-refractivity contribution in [3.05, 3.63) is 35.4 Å². The van der Waals surface area contributed by atoms with Crippen molar-refractivity contribution in [2.75, 3.05) is 0 Å². The van der Waals surface area contributed by atoms with E-state index in [1.165, 1.54) is 12.1 Å². The Hall–Kier alpha value is -1.36. The number of hydrogen-bond acceptors (Lipinski definition) is 2. The molecule has 1 saturated carbocycles. The third-order valence-corrected chi connectivity index (χ3v) is 4.10. The summed E-state index contributed by atoms with van der Waals surface area (Å²) in [4.78, 5) is 12.3. The lowest BCUT2D eigenvalue weighted by atomic mass is 9.86. The minimum atomic E-state index is -4.37. The molecule has 2 nitrogen and oxygen atoms in total. The molecule has 1 aromatic carbocycles. The standard InChI is InChI=1S/C16H19F3O2/c17-16(18,19)13-7-5-12(6-8-13)11-14(20)15(21)9-3-1-2-4-10-15/h5-8,21H,1-4,9-11H2. The second-order valence-electron chi connectivity index (χ2n) is 5.74. The number of alkyl halides is 3. The van der Waals surface area contributed by atoms with Gasteiger partial charge in [0.25, 0.3) is 0 Å². The minimum absolute atomic E-state index is 0.0192. The van der Waals surface area contributed by atoms with E-state index in [1.54, 1.807) is 0 Å². The zero-order valence-electron chi connectivity index (χ0n) is 11.7. The molecule has 116 valence electrons. The Balaban J connectivity index is 2.05. The fraction of sp³-hybridized carbons (Fsp3) is 0.562. The SMILES string of the molecule is O=C(Cc1ccc(C(F)(F)F)cc1)C1(O)CCCCCC1. The van der Waals surface area contributed by atoms with Crippen LogP contribution in [0.3, 0.4) is 0 Å². The molecule has 0 atom stereocenters. The molecule has 0 unspecified atom stereocenters. The van der Waals surface area contributed by atoms with Crippen LogP contribution in [0.1, 0.15) is 49.7 Å². The first-order chi connectivity index (χ1) is 9.81. The summed E-state index contributed by atoms with van der Waals surface area (Å²) in [6, 6.07) is 4.56. The van der Waals surface area contributed by atoms with Gasteiger partial charge < -0.3 is 5.11 Å². The number of carbonyl (C=O) groups is 1. The monoisotopic (exact) mass is 300 g/mol. The van der Waals surface area contributed by atoms with Gasteiger partial charge in [0.05, 0.1) is 5.56 Å². The molecule has 0 aromatic heterocycles. The van der Waals surface area contributed by atoms with Crippen LogP contribution in [0.2, 0.25) is 0 Å². The number of aliphatic hydroxyl groups is 1. The summed E-state index contributed by atoms with van der Waals surface area (Å²) >= 11 is 0. The van der Waals surface area contributed by atoms with Gasteiger partial charge in [-0.1, -0.05) is 37.8 Å². The van der Waals surface area contributed by atoms with Crippen molar-refractivity contribution in [3.63, 3.8) is 0 Å². The number of hydrogen-bond donors (Lipinski definition) is 1. The molecule has 1 fully saturated rings. The van der Waals surface area contributed by atoms with Crippen molar-refractivity contribution in [3.8, 4) is 0 Å². The van der Waals surface area contributed by atoms with E-state index in [1.807, 2.05) is 0 Å². The van der Waals surface area contributed by atoms with Crippen LogP contribution in [-0.4, -0.2) is 16.5 Å². The van der Waals surface area contributed by atoms with Crippen LogP contribution in [0.15, 0.2) is 24.3 Å². The smallest absolute Gasteiger partial charge is 0.382 e. The molecule has 0 bridgehead atoms. The van der Waals surface area contributed by atoms with Gasteiger partial charge >= 0.3 is 6.18 Å². The molecule has 0 aliphatic heterocycles. The van der Waals surface area contributed by atoms with Crippen LogP contribution in [0.25, 0.3) is 0 Å². The van der Waals surface area contributed by atoms with Gasteiger partial charge in [0.1, 0.15) is 5.60 Å². The number of Topliss-reactive ketones (excluding diaryl/α,β-unsaturated/α-hetero) is 1. The molecule has 0 amide bonds. The molecule has 1 aliphatic rings. The normalized spacial score (nSPS) is 19.0. The fourth-order valence-corrected chi connectivity index (χ4v) is 2.75. The van der Waals surface area contributed by atoms with E-state index in [-0.39, 0.29) is 12.2 Å². The van der Waals surface area contributed by atoms with Crippen LogP contribution < -0.4 is 0 Å². The van der Waals surface area contributed by atoms with Crippen LogP contribution >= 0.6 is 0 Å². The van der Waals surface area contributed by atoms with Gasteiger partial charge in [0, 0.05) is 6.42 Å². The van der Waals surface area contributed by atoms with E-state index in [9.17, 15) is 23.1 Å². The Morgan fingerprint density at radius 3 is 2.05 bits per heavy atom. The van der Waals surface area contributed by atoms with E-state index < -0.39 is 17.3 Å². The number of rotatable bonds is 3. The topological polar surface area (TPSA) is 37.3 Å². The Morgan fingerprint density at radius 1 is 1.05 bits per heavy atom. The lowest BCUT2D eigenvalue weighted by Crippen LogP contribution is -2.39. The van der Waals surface area contributed by atoms with Crippen molar-refractivity contribution >= 4 is 5.78 Å². The highest BCUT2D eigenvalue weighted by molar-refractivity contribution is 5.88. The summed E-state index contributed by atoms with van der Waals surface area (Å²) in [5.41, 5.74) is -1.53. The van der Waals surface area contributed by atoms with Gasteiger partial charge in [0.15, 0.2) is 5.78 Å². The average Bonchev–Trinajstić information content (AvgIpc) is 2.64. The molecule has 1 aromatic rings. The molecule has 1 aliphatic carbocycles. The number of benzene rings is 1. The first kappa shape index (κ1) is 16.0. The highest BCUT2D eigenvalue weighted by atomic mass is 19.4. The first-order valence-corrected chi connectivity index (χ1v) is 7.23. The average molecular weight is 300 g/mol. The van der Waals surface area contributed by atoms with Crippen LogP contribution in [0.4, 0.5) is 13.2 Å². The summed E-state index contributed by atoms with van der Waals surface area (Å²) in [5, 5.41) is 10.4. The van der Waals surface area contributed by atoms with Gasteiger partial charge in [-0.3, -0.25) is 4.79 Å². The number of halogens is 3. The molecule has 0 radical (unpaired) electrons. The van der Waals surface area contributed by atoms with E-state index in [0.29, 0.717) is 18.4 Å². The molecular formula is C16H19F3O2. The third kappa shape index (κ3) is 4.06. The molecule has 2 rings (SSSR count). The number of ketones is 1. The molecule has 0 heterocycles. The fourth-order valence-electron chi connectivity index (χ4n) is 2.75. The Morgan fingerprint density at radius 2 is 1.57 bits per heavy atom. The largest absolute Gasteiger partial charge is 0.416 e. The maximum atomic E-state index is 12.5. The van der Waals surface area contributed by atoms with Gasteiger partial charge in [0.2, 0.25) is 0 Å². The molecule has 0 saturated heterocycles. The Bertz CT molecular complexity index is 483. The minimum Gasteiger partial charge on any atom is -0.382 e. The second kappa shape index (κ2) is 6.18. The lowest BCUT2D eigenvalue weighted by Gasteiger charge is -2.25. The highest BCUT2D eigenvalue weighted by Crippen LogP contribution is 2.31.